The number of carbonyl (C=O) groups excluding carboxylic acids is 3. The molecule has 4 N–H and O–H groups in total. The van der Waals surface area contributed by atoms with Crippen LogP contribution in [0.4, 0.5) is 0 Å². The highest BCUT2D eigenvalue weighted by atomic mass is 31.2. The molecule has 0 aliphatic carbocycles. The topological polar surface area (TPSA) is 231 Å². The summed E-state index contributed by atoms with van der Waals surface area (Å²) in [7, 11) is -9.82. The zero-order valence-corrected chi connectivity index (χ0v) is 74.2. The van der Waals surface area contributed by atoms with E-state index in [2.05, 4.69) is 191 Å². The smallest absolute Gasteiger partial charge is 0.463 e. The van der Waals surface area contributed by atoms with Crippen LogP contribution in [0.3, 0.4) is 0 Å². The molecule has 0 aromatic rings. The Bertz CT molecular complexity index is 2770. The van der Waals surface area contributed by atoms with Gasteiger partial charge in [-0.05, 0) is 154 Å². The van der Waals surface area contributed by atoms with E-state index in [-0.39, 0.29) is 19.3 Å². The Balaban J connectivity index is 4.54. The summed E-state index contributed by atoms with van der Waals surface area (Å²) >= 11 is 0. The molecule has 0 bridgehead atoms. The van der Waals surface area contributed by atoms with Crippen molar-refractivity contribution in [3.05, 3.63) is 170 Å². The fourth-order valence-electron chi connectivity index (χ4n) is 12.1. The van der Waals surface area contributed by atoms with Gasteiger partial charge in [0.15, 0.2) is 6.10 Å². The summed E-state index contributed by atoms with van der Waals surface area (Å²) in [6.07, 6.45) is 114. The zero-order chi connectivity index (χ0) is 83.6. The van der Waals surface area contributed by atoms with Gasteiger partial charge in [-0.3, -0.25) is 32.5 Å². The average molecular weight is 1650 g/mol. The maximum Gasteiger partial charge on any atom is 0.472 e. The normalized spacial score (nSPS) is 14.6. The first-order chi connectivity index (χ1) is 56.2. The molecule has 0 saturated carbocycles. The Labute approximate surface area is 701 Å². The van der Waals surface area contributed by atoms with Crippen molar-refractivity contribution in [2.75, 3.05) is 39.6 Å². The van der Waals surface area contributed by atoms with Crippen LogP contribution in [-0.4, -0.2) is 95.9 Å². The van der Waals surface area contributed by atoms with E-state index in [1.54, 1.807) is 0 Å². The van der Waals surface area contributed by atoms with Gasteiger partial charge >= 0.3 is 33.6 Å². The van der Waals surface area contributed by atoms with Gasteiger partial charge < -0.3 is 34.2 Å². The summed E-state index contributed by atoms with van der Waals surface area (Å²) in [6.45, 7) is 2.42. The van der Waals surface area contributed by atoms with Crippen molar-refractivity contribution in [3.8, 4) is 0 Å². The minimum atomic E-state index is -4.95. The molecule has 0 aliphatic rings. The number of hydrogen-bond acceptors (Lipinski definition) is 14. The number of unbranched alkanes of at least 4 members (excludes halogenated alkanes) is 34. The van der Waals surface area contributed by atoms with Gasteiger partial charge in [0.1, 0.15) is 25.4 Å². The summed E-state index contributed by atoms with van der Waals surface area (Å²) in [5.41, 5.74) is 0. The zero-order valence-electron chi connectivity index (χ0n) is 72.4. The number of aliphatic hydroxyl groups excluding tert-OH is 2. The van der Waals surface area contributed by atoms with E-state index >= 15 is 0 Å². The predicted molar refractivity (Wildman–Crippen MR) is 482 cm³/mol. The van der Waals surface area contributed by atoms with Crippen molar-refractivity contribution in [1.29, 1.82) is 0 Å². The van der Waals surface area contributed by atoms with Crippen molar-refractivity contribution in [2.24, 2.45) is 0 Å². The van der Waals surface area contributed by atoms with Crippen LogP contribution >= 0.6 is 15.6 Å². The number of rotatable bonds is 85. The Morgan fingerprint density at radius 3 is 0.730 bits per heavy atom. The lowest BCUT2D eigenvalue weighted by molar-refractivity contribution is -0.161. The number of ether oxygens (including phenoxy) is 3. The third-order valence-electron chi connectivity index (χ3n) is 18.9. The summed E-state index contributed by atoms with van der Waals surface area (Å²) in [4.78, 5) is 58.9. The first-order valence-corrected chi connectivity index (χ1v) is 48.4. The molecule has 0 saturated heterocycles. The van der Waals surface area contributed by atoms with Crippen LogP contribution in [0, 0.1) is 0 Å². The van der Waals surface area contributed by atoms with Crippen LogP contribution in [0.15, 0.2) is 170 Å². The van der Waals surface area contributed by atoms with E-state index in [0.29, 0.717) is 19.3 Å². The standard InChI is InChI=1S/C97H164O16P2/c1-4-7-10-13-16-19-22-25-28-31-34-37-39-40-41-42-43-44-45-46-47-48-49-50-52-55-56-59-62-65-68-71-74-77-80-83-95(100)107-86-92(98)87-109-114(103,104)110-88-93(99)89-111-115(105,106)112-91-94(113-97(102)85-82-79-76-73-70-67-64-61-58-53-36-33-30-27-24-21-18-15-12-9-6-3)90-108-96(101)84-81-78-75-72-69-66-63-60-57-54-51-38-35-32-29-26-23-20-17-14-11-8-5-2/h7,9-10,12,16-21,25-30,34-38,40-41,53-54,57,61,64,92-94,98-99H,4-6,8,11,13-15,22-24,31-33,39,42-52,55-56,58-60,62-63,65-91H2,1-3H3,(H,103,104)(H,105,106)/b10-7-,12-9-,19-16-,20-17-,21-18-,28-25-,29-26-,30-27-,37-34-,38-35-,41-40-,53-36-,57-54-,64-61-. The van der Waals surface area contributed by atoms with Crippen LogP contribution in [-0.2, 0) is 55.8 Å². The molecule has 0 heterocycles. The number of phosphoric ester groups is 2. The lowest BCUT2D eigenvalue weighted by atomic mass is 10.0. The van der Waals surface area contributed by atoms with Crippen LogP contribution in [0.2, 0.25) is 0 Å². The van der Waals surface area contributed by atoms with Gasteiger partial charge in [0.2, 0.25) is 0 Å². The lowest BCUT2D eigenvalue weighted by Gasteiger charge is -2.21. The fraction of sp³-hybridized carbons (Fsp3) is 0.680. The van der Waals surface area contributed by atoms with E-state index < -0.39 is 91.5 Å². The number of aliphatic hydroxyl groups is 2. The Morgan fingerprint density at radius 1 is 0.252 bits per heavy atom. The van der Waals surface area contributed by atoms with Gasteiger partial charge in [-0.25, -0.2) is 9.13 Å². The van der Waals surface area contributed by atoms with Crippen LogP contribution < -0.4 is 0 Å². The molecule has 0 aromatic heterocycles. The lowest BCUT2D eigenvalue weighted by Crippen LogP contribution is -2.30. The van der Waals surface area contributed by atoms with E-state index in [9.17, 15) is 43.5 Å². The summed E-state index contributed by atoms with van der Waals surface area (Å²) in [5.74, 6) is -1.60. The van der Waals surface area contributed by atoms with Gasteiger partial charge in [0.25, 0.3) is 0 Å². The third-order valence-corrected chi connectivity index (χ3v) is 20.8. The third kappa shape index (κ3) is 89.5. The van der Waals surface area contributed by atoms with Crippen LogP contribution in [0.1, 0.15) is 367 Å². The number of hydrogen-bond donors (Lipinski definition) is 4. The van der Waals surface area contributed by atoms with Crippen molar-refractivity contribution >= 4 is 33.6 Å². The maximum absolute atomic E-state index is 13.0. The first-order valence-electron chi connectivity index (χ1n) is 45.4. The molecule has 5 atom stereocenters. The van der Waals surface area contributed by atoms with Crippen molar-refractivity contribution in [2.45, 2.75) is 386 Å². The number of esters is 3. The predicted octanol–water partition coefficient (Wildman–Crippen LogP) is 27.9. The molecule has 0 rings (SSSR count). The highest BCUT2D eigenvalue weighted by Crippen LogP contribution is 2.45. The van der Waals surface area contributed by atoms with Crippen molar-refractivity contribution < 1.29 is 75.8 Å². The monoisotopic (exact) mass is 1650 g/mol. The van der Waals surface area contributed by atoms with E-state index in [4.69, 9.17) is 32.3 Å². The highest BCUT2D eigenvalue weighted by Gasteiger charge is 2.29. The highest BCUT2D eigenvalue weighted by molar-refractivity contribution is 7.47. The number of carbonyl (C=O) groups is 3. The molecule has 0 amide bonds. The summed E-state index contributed by atoms with van der Waals surface area (Å²) < 4.78 is 61.4. The minimum Gasteiger partial charge on any atom is -0.463 e. The van der Waals surface area contributed by atoms with Crippen molar-refractivity contribution in [3.63, 3.8) is 0 Å². The first kappa shape index (κ1) is 110. The van der Waals surface area contributed by atoms with Crippen LogP contribution in [0.25, 0.3) is 0 Å². The van der Waals surface area contributed by atoms with E-state index in [1.165, 1.54) is 128 Å². The SMILES string of the molecule is CC/C=C\C/C=C\C/C=C\C/C=C\C/C=C\CCCCCCCCCCCCCCCCCCCCCC(=O)OCC(O)COP(=O)(O)OCC(O)COP(=O)(O)OCC(COC(=O)CCCCCCCCC/C=C\C/C=C\C/C=C\C/C=C\CCCCC)OC(=O)CCCCCCC/C=C\C/C=C\C/C=C\C/C=C\C/C=C\CC. The molecule has 5 unspecified atom stereocenters. The molecule has 0 spiro atoms. The molecule has 0 aromatic carbocycles. The molecule has 18 heteroatoms. The Hall–Kier alpha value is -5.09. The Morgan fingerprint density at radius 2 is 0.461 bits per heavy atom. The molecular weight excluding hydrogens is 1480 g/mol. The van der Waals surface area contributed by atoms with Crippen LogP contribution in [0.5, 0.6) is 0 Å². The largest absolute Gasteiger partial charge is 0.472 e. The van der Waals surface area contributed by atoms with Crippen molar-refractivity contribution in [1.82, 2.24) is 0 Å². The fourth-order valence-corrected chi connectivity index (χ4v) is 13.7. The summed E-state index contributed by atoms with van der Waals surface area (Å²) in [5, 5.41) is 20.7. The second kappa shape index (κ2) is 88.2. The quantitative estimate of drug-likeness (QED) is 0.0146. The molecule has 0 fully saturated rings. The van der Waals surface area contributed by atoms with Gasteiger partial charge in [0, 0.05) is 19.3 Å². The van der Waals surface area contributed by atoms with E-state index in [0.717, 1.165) is 180 Å². The second-order valence-corrected chi connectivity index (χ2v) is 32.9. The molecule has 658 valence electrons. The number of allylic oxidation sites excluding steroid dienone is 28. The van der Waals surface area contributed by atoms with E-state index in [1.807, 2.05) is 0 Å². The molecule has 115 heavy (non-hydrogen) atoms. The minimum absolute atomic E-state index is 0.0750. The second-order valence-electron chi connectivity index (χ2n) is 30.0. The molecular formula is C97H164O16P2. The molecule has 16 nitrogen and oxygen atoms in total. The van der Waals surface area contributed by atoms with Gasteiger partial charge in [0.05, 0.1) is 26.4 Å². The van der Waals surface area contributed by atoms with Gasteiger partial charge in [-0.1, -0.05) is 364 Å². The molecule has 0 aliphatic heterocycles. The van der Waals surface area contributed by atoms with Gasteiger partial charge in [-0.2, -0.15) is 0 Å². The summed E-state index contributed by atoms with van der Waals surface area (Å²) in [6, 6.07) is 0. The molecule has 0 radical (unpaired) electrons. The van der Waals surface area contributed by atoms with Gasteiger partial charge in [-0.15, -0.1) is 0 Å². The average Bonchev–Trinajstić information content (AvgIpc) is 0.901. The Kier molecular flexibility index (Phi) is 84.3. The maximum atomic E-state index is 13.0. The number of phosphoric acid groups is 2.